The highest BCUT2D eigenvalue weighted by atomic mass is 32.1. The van der Waals surface area contributed by atoms with E-state index in [1.54, 1.807) is 22.5 Å². The molecule has 128 valence electrons. The lowest BCUT2D eigenvalue weighted by molar-refractivity contribution is 0.431. The van der Waals surface area contributed by atoms with Crippen LogP contribution in [0.2, 0.25) is 0 Å². The van der Waals surface area contributed by atoms with E-state index in [9.17, 15) is 0 Å². The number of furan rings is 1. The molecule has 0 fully saturated rings. The molecule has 3 heterocycles. The molecule has 0 spiro atoms. The lowest BCUT2D eigenvalue weighted by Gasteiger charge is -2.19. The topological polar surface area (TPSA) is 13.1 Å². The number of hydrogen-bond donors (Lipinski definition) is 0. The van der Waals surface area contributed by atoms with Crippen molar-refractivity contribution in [1.29, 1.82) is 0 Å². The Morgan fingerprint density at radius 3 is 2.38 bits per heavy atom. The van der Waals surface area contributed by atoms with Crippen molar-refractivity contribution in [2.75, 3.05) is 0 Å². The molecule has 0 N–H and O–H groups in total. The Morgan fingerprint density at radius 1 is 0.917 bits per heavy atom. The first-order valence-corrected chi connectivity index (χ1v) is 10.6. The van der Waals surface area contributed by atoms with Crippen molar-refractivity contribution in [2.45, 2.75) is 57.3 Å². The van der Waals surface area contributed by atoms with E-state index < -0.39 is 0 Å². The van der Waals surface area contributed by atoms with E-state index in [0.717, 1.165) is 5.76 Å². The van der Waals surface area contributed by atoms with Crippen LogP contribution in [0.5, 0.6) is 0 Å². The lowest BCUT2D eigenvalue weighted by Crippen LogP contribution is -2.03. The van der Waals surface area contributed by atoms with Crippen molar-refractivity contribution < 1.29 is 4.42 Å². The van der Waals surface area contributed by atoms with Crippen molar-refractivity contribution in [3.05, 3.63) is 68.9 Å². The summed E-state index contributed by atoms with van der Waals surface area (Å²) in [7, 11) is 0. The number of thiophene rings is 2. The van der Waals surface area contributed by atoms with Crippen LogP contribution in [0.25, 0.3) is 0 Å². The van der Waals surface area contributed by atoms with E-state index in [4.69, 9.17) is 4.42 Å². The van der Waals surface area contributed by atoms with Crippen LogP contribution in [0.4, 0.5) is 0 Å². The standard InChI is InChI=1S/C21H26OS2/c1-16(19-11-14-23-15-19)7-9-18(21-6-4-13-24-21)10-8-17(2)20-5-3-12-22-20/h3-6,11-18H,7-10H2,1-2H3. The Labute approximate surface area is 153 Å². The third-order valence-electron chi connectivity index (χ3n) is 4.98. The molecule has 3 atom stereocenters. The zero-order chi connectivity index (χ0) is 16.8. The van der Waals surface area contributed by atoms with Crippen LogP contribution in [0.3, 0.4) is 0 Å². The second kappa shape index (κ2) is 8.68. The minimum atomic E-state index is 0.497. The molecule has 0 aliphatic rings. The predicted molar refractivity (Wildman–Crippen MR) is 105 cm³/mol. The zero-order valence-electron chi connectivity index (χ0n) is 14.5. The molecule has 0 aliphatic heterocycles. The van der Waals surface area contributed by atoms with Gasteiger partial charge in [-0.25, -0.2) is 0 Å². The van der Waals surface area contributed by atoms with E-state index in [2.05, 4.69) is 54.3 Å². The maximum atomic E-state index is 5.57. The van der Waals surface area contributed by atoms with E-state index in [1.165, 1.54) is 31.2 Å². The van der Waals surface area contributed by atoms with Crippen LogP contribution >= 0.6 is 22.7 Å². The van der Waals surface area contributed by atoms with Crippen LogP contribution in [0.1, 0.15) is 73.5 Å². The van der Waals surface area contributed by atoms with Gasteiger partial charge in [0.1, 0.15) is 5.76 Å². The monoisotopic (exact) mass is 358 g/mol. The van der Waals surface area contributed by atoms with E-state index in [0.29, 0.717) is 17.8 Å². The average molecular weight is 359 g/mol. The van der Waals surface area contributed by atoms with Crippen LogP contribution < -0.4 is 0 Å². The zero-order valence-corrected chi connectivity index (χ0v) is 16.1. The summed E-state index contributed by atoms with van der Waals surface area (Å²) in [6.45, 7) is 4.64. The van der Waals surface area contributed by atoms with Crippen LogP contribution in [-0.2, 0) is 0 Å². The minimum absolute atomic E-state index is 0.497. The smallest absolute Gasteiger partial charge is 0.106 e. The molecule has 3 heteroatoms. The Morgan fingerprint density at radius 2 is 1.75 bits per heavy atom. The van der Waals surface area contributed by atoms with Gasteiger partial charge in [0.25, 0.3) is 0 Å². The highest BCUT2D eigenvalue weighted by Gasteiger charge is 2.18. The van der Waals surface area contributed by atoms with Crippen LogP contribution in [-0.4, -0.2) is 0 Å². The molecule has 0 bridgehead atoms. The molecule has 0 amide bonds. The molecule has 3 aromatic rings. The summed E-state index contributed by atoms with van der Waals surface area (Å²) in [6, 6.07) is 10.9. The Hall–Kier alpha value is -1.32. The van der Waals surface area contributed by atoms with E-state index in [-0.39, 0.29) is 0 Å². The average Bonchev–Trinajstić information content (AvgIpc) is 3.37. The summed E-state index contributed by atoms with van der Waals surface area (Å²) in [5.74, 6) is 2.94. The van der Waals surface area contributed by atoms with Crippen molar-refractivity contribution >= 4 is 22.7 Å². The van der Waals surface area contributed by atoms with Gasteiger partial charge in [-0.2, -0.15) is 11.3 Å². The molecule has 1 nitrogen and oxygen atoms in total. The fraction of sp³-hybridized carbons (Fsp3) is 0.429. The largest absolute Gasteiger partial charge is 0.469 e. The van der Waals surface area contributed by atoms with Gasteiger partial charge >= 0.3 is 0 Å². The minimum Gasteiger partial charge on any atom is -0.469 e. The van der Waals surface area contributed by atoms with Crippen molar-refractivity contribution in [2.24, 2.45) is 0 Å². The molecule has 3 aromatic heterocycles. The molecular formula is C21H26OS2. The molecule has 0 saturated heterocycles. The highest BCUT2D eigenvalue weighted by molar-refractivity contribution is 7.10. The molecule has 0 saturated carbocycles. The van der Waals surface area contributed by atoms with Gasteiger partial charge in [-0.15, -0.1) is 11.3 Å². The molecule has 0 aromatic carbocycles. The number of rotatable bonds is 9. The maximum absolute atomic E-state index is 5.57. The van der Waals surface area contributed by atoms with Crippen LogP contribution in [0.15, 0.2) is 57.2 Å². The Bertz CT molecular complexity index is 623. The normalized spacial score (nSPS) is 15.2. The first-order chi connectivity index (χ1) is 11.7. The molecule has 0 aliphatic carbocycles. The fourth-order valence-corrected chi connectivity index (χ4v) is 4.97. The van der Waals surface area contributed by atoms with Crippen LogP contribution in [0, 0.1) is 0 Å². The SMILES string of the molecule is CC(CCC(CCC(C)c1ccco1)c1cccs1)c1ccsc1. The van der Waals surface area contributed by atoms with Gasteiger partial charge in [0, 0.05) is 10.8 Å². The van der Waals surface area contributed by atoms with Crippen molar-refractivity contribution in [3.63, 3.8) is 0 Å². The third-order valence-corrected chi connectivity index (χ3v) is 6.72. The summed E-state index contributed by atoms with van der Waals surface area (Å²) in [5.41, 5.74) is 1.49. The van der Waals surface area contributed by atoms with Gasteiger partial charge < -0.3 is 4.42 Å². The summed E-state index contributed by atoms with van der Waals surface area (Å²) >= 11 is 3.71. The second-order valence-corrected chi connectivity index (χ2v) is 8.50. The van der Waals surface area contributed by atoms with Gasteiger partial charge in [-0.1, -0.05) is 19.9 Å². The first kappa shape index (κ1) is 17.5. The lowest BCUT2D eigenvalue weighted by atomic mass is 9.87. The maximum Gasteiger partial charge on any atom is 0.106 e. The summed E-state index contributed by atoms with van der Waals surface area (Å²) in [6.07, 6.45) is 6.73. The van der Waals surface area contributed by atoms with Gasteiger partial charge in [0.2, 0.25) is 0 Å². The highest BCUT2D eigenvalue weighted by Crippen LogP contribution is 2.36. The van der Waals surface area contributed by atoms with Gasteiger partial charge in [0.15, 0.2) is 0 Å². The molecule has 3 unspecified atom stereocenters. The Balaban J connectivity index is 1.57. The van der Waals surface area contributed by atoms with Gasteiger partial charge in [0.05, 0.1) is 6.26 Å². The van der Waals surface area contributed by atoms with E-state index in [1.807, 2.05) is 17.4 Å². The number of hydrogen-bond acceptors (Lipinski definition) is 3. The molecular weight excluding hydrogens is 332 g/mol. The fourth-order valence-electron chi connectivity index (χ4n) is 3.29. The quantitative estimate of drug-likeness (QED) is 0.383. The van der Waals surface area contributed by atoms with Gasteiger partial charge in [-0.05, 0) is 83.5 Å². The third kappa shape index (κ3) is 4.61. The molecule has 3 rings (SSSR count). The van der Waals surface area contributed by atoms with Crippen molar-refractivity contribution in [1.82, 2.24) is 0 Å². The summed E-state index contributed by atoms with van der Waals surface area (Å²) < 4.78 is 5.57. The molecule has 24 heavy (non-hydrogen) atoms. The summed E-state index contributed by atoms with van der Waals surface area (Å²) in [4.78, 5) is 1.54. The Kier molecular flexibility index (Phi) is 6.33. The predicted octanol–water partition coefficient (Wildman–Crippen LogP) is 7.65. The van der Waals surface area contributed by atoms with E-state index >= 15 is 0 Å². The second-order valence-electron chi connectivity index (χ2n) is 6.74. The van der Waals surface area contributed by atoms with Crippen molar-refractivity contribution in [3.8, 4) is 0 Å². The van der Waals surface area contributed by atoms with Gasteiger partial charge in [-0.3, -0.25) is 0 Å². The molecule has 0 radical (unpaired) electrons. The first-order valence-electron chi connectivity index (χ1n) is 8.83. The summed E-state index contributed by atoms with van der Waals surface area (Å²) in [5, 5.41) is 6.69.